The third-order valence-corrected chi connectivity index (χ3v) is 7.69. The molecule has 0 fully saturated rings. The molecule has 9 rings (SSSR count). The molecule has 0 atom stereocenters. The van der Waals surface area contributed by atoms with Crippen molar-refractivity contribution in [1.82, 2.24) is 9.78 Å². The van der Waals surface area contributed by atoms with E-state index in [2.05, 4.69) is 83.5 Å². The number of para-hydroxylation sites is 2. The lowest BCUT2D eigenvalue weighted by atomic mass is 9.34. The van der Waals surface area contributed by atoms with Gasteiger partial charge in [-0.1, -0.05) is 72.8 Å². The first-order valence-corrected chi connectivity index (χ1v) is 12.2. The van der Waals surface area contributed by atoms with Crippen LogP contribution in [0.15, 0.2) is 108 Å². The molecule has 0 radical (unpaired) electrons. The zero-order valence-electron chi connectivity index (χ0n) is 19.1. The van der Waals surface area contributed by atoms with Gasteiger partial charge in [0.05, 0.1) is 11.2 Å². The number of benzene rings is 5. The fourth-order valence-electron chi connectivity index (χ4n) is 6.18. The molecule has 0 bridgehead atoms. The summed E-state index contributed by atoms with van der Waals surface area (Å²) in [5.41, 5.74) is 9.64. The molecule has 7 aromatic rings. The van der Waals surface area contributed by atoms with Gasteiger partial charge in [0.15, 0.2) is 0 Å². The molecule has 36 heavy (non-hydrogen) atoms. The van der Waals surface area contributed by atoms with Crippen LogP contribution in [0.2, 0.25) is 0 Å². The van der Waals surface area contributed by atoms with E-state index in [9.17, 15) is 0 Å². The normalized spacial score (nSPS) is 13.2. The largest absolute Gasteiger partial charge is 0.458 e. The van der Waals surface area contributed by atoms with Crippen molar-refractivity contribution in [1.29, 1.82) is 0 Å². The van der Waals surface area contributed by atoms with E-state index >= 15 is 0 Å². The van der Waals surface area contributed by atoms with Crippen LogP contribution in [0, 0.1) is 0 Å². The monoisotopic (exact) mass is 460 g/mol. The third kappa shape index (κ3) is 2.23. The Bertz CT molecular complexity index is 2040. The number of fused-ring (bicyclic) bond motifs is 7. The highest BCUT2D eigenvalue weighted by molar-refractivity contribution is 6.99. The van der Waals surface area contributed by atoms with Crippen LogP contribution in [0.25, 0.3) is 49.8 Å². The first-order chi connectivity index (χ1) is 17.8. The van der Waals surface area contributed by atoms with Crippen LogP contribution in [-0.4, -0.2) is 16.5 Å². The number of furan rings is 1. The molecule has 0 saturated carbocycles. The van der Waals surface area contributed by atoms with E-state index in [0.717, 1.165) is 72.2 Å². The summed E-state index contributed by atoms with van der Waals surface area (Å²) in [5, 5.41) is 8.49. The van der Waals surface area contributed by atoms with Crippen molar-refractivity contribution in [3.63, 3.8) is 0 Å². The summed E-state index contributed by atoms with van der Waals surface area (Å²) in [5.74, 6) is 1.77. The Morgan fingerprint density at radius 1 is 0.639 bits per heavy atom. The molecule has 2 aliphatic rings. The Hall–Kier alpha value is -4.77. The molecule has 0 aliphatic carbocycles. The Balaban J connectivity index is 1.39. The zero-order chi connectivity index (χ0) is 23.4. The number of nitrogens with zero attached hydrogens (tertiary/aromatic N) is 2. The molecule has 4 heterocycles. The Morgan fingerprint density at radius 3 is 2.42 bits per heavy atom. The highest BCUT2D eigenvalue weighted by Gasteiger charge is 2.40. The van der Waals surface area contributed by atoms with Gasteiger partial charge < -0.3 is 9.15 Å². The lowest BCUT2D eigenvalue weighted by Gasteiger charge is -2.32. The van der Waals surface area contributed by atoms with Crippen LogP contribution in [0.3, 0.4) is 0 Å². The average molecular weight is 460 g/mol. The predicted octanol–water partition coefficient (Wildman–Crippen LogP) is 5.53. The van der Waals surface area contributed by atoms with Crippen molar-refractivity contribution in [2.24, 2.45) is 0 Å². The second-order valence-corrected chi connectivity index (χ2v) is 9.58. The van der Waals surface area contributed by atoms with E-state index in [1.54, 1.807) is 0 Å². The van der Waals surface area contributed by atoms with Crippen molar-refractivity contribution in [2.45, 2.75) is 0 Å². The maximum Gasteiger partial charge on any atom is 0.256 e. The third-order valence-electron chi connectivity index (χ3n) is 7.69. The van der Waals surface area contributed by atoms with Crippen molar-refractivity contribution >= 4 is 55.9 Å². The molecule has 0 unspecified atom stereocenters. The van der Waals surface area contributed by atoms with Crippen LogP contribution in [-0.2, 0) is 0 Å². The van der Waals surface area contributed by atoms with Gasteiger partial charge in [0.2, 0.25) is 0 Å². The second-order valence-electron chi connectivity index (χ2n) is 9.58. The summed E-state index contributed by atoms with van der Waals surface area (Å²) < 4.78 is 15.0. The number of hydrogen-bond donors (Lipinski definition) is 0. The van der Waals surface area contributed by atoms with Gasteiger partial charge in [0, 0.05) is 21.7 Å². The fourth-order valence-corrected chi connectivity index (χ4v) is 6.18. The van der Waals surface area contributed by atoms with E-state index in [-0.39, 0.29) is 6.71 Å². The van der Waals surface area contributed by atoms with Gasteiger partial charge in [-0.25, -0.2) is 4.68 Å². The van der Waals surface area contributed by atoms with Crippen LogP contribution in [0.1, 0.15) is 0 Å². The number of hydrogen-bond acceptors (Lipinski definition) is 3. The molecule has 0 saturated heterocycles. The molecule has 5 aromatic carbocycles. The SMILES string of the molecule is c1ccc(-c2nn3c4c(cccc24)B2c4cc5oc6ccccc6c5cc4Oc4cccc-3c42)cc1. The predicted molar refractivity (Wildman–Crippen MR) is 145 cm³/mol. The lowest BCUT2D eigenvalue weighted by molar-refractivity contribution is 0.487. The summed E-state index contributed by atoms with van der Waals surface area (Å²) >= 11 is 0. The fraction of sp³-hybridized carbons (Fsp3) is 0. The second kappa shape index (κ2) is 6.46. The molecule has 2 aliphatic heterocycles. The molecule has 2 aromatic heterocycles. The molecular weight excluding hydrogens is 443 g/mol. The Kier molecular flexibility index (Phi) is 3.33. The van der Waals surface area contributed by atoms with Crippen molar-refractivity contribution in [2.75, 3.05) is 0 Å². The van der Waals surface area contributed by atoms with Crippen LogP contribution in [0.5, 0.6) is 11.5 Å². The minimum atomic E-state index is 0.0362. The molecule has 4 nitrogen and oxygen atoms in total. The summed E-state index contributed by atoms with van der Waals surface area (Å²) in [7, 11) is 0. The molecule has 166 valence electrons. The summed E-state index contributed by atoms with van der Waals surface area (Å²) in [6, 6.07) is 35.8. The first kappa shape index (κ1) is 18.5. The molecule has 0 N–H and O–H groups in total. The number of rotatable bonds is 1. The quantitative estimate of drug-likeness (QED) is 0.303. The van der Waals surface area contributed by atoms with Gasteiger partial charge >= 0.3 is 0 Å². The van der Waals surface area contributed by atoms with Gasteiger partial charge in [-0.3, -0.25) is 0 Å². The van der Waals surface area contributed by atoms with E-state index in [1.165, 1.54) is 5.46 Å². The van der Waals surface area contributed by atoms with Crippen LogP contribution in [0.4, 0.5) is 0 Å². The molecular formula is C31H17BN2O2. The topological polar surface area (TPSA) is 40.2 Å². The van der Waals surface area contributed by atoms with Gasteiger partial charge in [0.25, 0.3) is 6.71 Å². The highest BCUT2D eigenvalue weighted by atomic mass is 16.5. The highest BCUT2D eigenvalue weighted by Crippen LogP contribution is 2.37. The number of ether oxygens (including phenoxy) is 1. The van der Waals surface area contributed by atoms with E-state index in [4.69, 9.17) is 14.3 Å². The molecule has 0 spiro atoms. The molecule has 5 heteroatoms. The zero-order valence-corrected chi connectivity index (χ0v) is 19.1. The summed E-state index contributed by atoms with van der Waals surface area (Å²) in [6.07, 6.45) is 0. The maximum absolute atomic E-state index is 6.57. The maximum atomic E-state index is 6.57. The van der Waals surface area contributed by atoms with Gasteiger partial charge in [0.1, 0.15) is 28.4 Å². The summed E-state index contributed by atoms with van der Waals surface area (Å²) in [6.45, 7) is 0.0362. The van der Waals surface area contributed by atoms with E-state index < -0.39 is 0 Å². The minimum absolute atomic E-state index is 0.0362. The van der Waals surface area contributed by atoms with Gasteiger partial charge in [-0.05, 0) is 46.7 Å². The first-order valence-electron chi connectivity index (χ1n) is 12.2. The van der Waals surface area contributed by atoms with Crippen LogP contribution >= 0.6 is 0 Å². The number of aromatic nitrogens is 2. The van der Waals surface area contributed by atoms with Gasteiger partial charge in [-0.15, -0.1) is 0 Å². The van der Waals surface area contributed by atoms with E-state index in [0.29, 0.717) is 0 Å². The van der Waals surface area contributed by atoms with Crippen molar-refractivity contribution in [3.05, 3.63) is 103 Å². The van der Waals surface area contributed by atoms with Crippen LogP contribution < -0.4 is 21.1 Å². The summed E-state index contributed by atoms with van der Waals surface area (Å²) in [4.78, 5) is 0. The Labute approximate surface area is 206 Å². The van der Waals surface area contributed by atoms with Gasteiger partial charge in [-0.2, -0.15) is 5.10 Å². The van der Waals surface area contributed by atoms with Crippen molar-refractivity contribution < 1.29 is 9.15 Å². The standard InChI is InChI=1S/C31H17BN2O2/c1-2-8-18(9-3-1)30-20-11-6-12-22-31(20)34(33-30)24-13-7-15-26-29(24)32(22)23-17-27-21(16-28(23)36-26)19-10-4-5-14-25(19)35-27/h1-17H. The minimum Gasteiger partial charge on any atom is -0.458 e. The lowest BCUT2D eigenvalue weighted by Crippen LogP contribution is -2.58. The Morgan fingerprint density at radius 2 is 1.47 bits per heavy atom. The smallest absolute Gasteiger partial charge is 0.256 e. The van der Waals surface area contributed by atoms with Crippen molar-refractivity contribution in [3.8, 4) is 28.4 Å². The van der Waals surface area contributed by atoms with E-state index in [1.807, 2.05) is 24.3 Å². The molecule has 0 amide bonds. The average Bonchev–Trinajstić information content (AvgIpc) is 3.49.